The summed E-state index contributed by atoms with van der Waals surface area (Å²) in [6.07, 6.45) is -1.19. The van der Waals surface area contributed by atoms with E-state index in [0.29, 0.717) is 28.8 Å². The summed E-state index contributed by atoms with van der Waals surface area (Å²) < 4.78 is 34.0. The van der Waals surface area contributed by atoms with Crippen molar-refractivity contribution in [1.82, 2.24) is 20.4 Å². The van der Waals surface area contributed by atoms with Gasteiger partial charge in [0.2, 0.25) is 5.91 Å². The van der Waals surface area contributed by atoms with Crippen LogP contribution in [0.15, 0.2) is 16.5 Å². The summed E-state index contributed by atoms with van der Waals surface area (Å²) in [4.78, 5) is 26.2. The molecular weight excluding hydrogens is 629 g/mol. The van der Waals surface area contributed by atoms with Crippen LogP contribution < -0.4 is 5.32 Å². The predicted molar refractivity (Wildman–Crippen MR) is 159 cm³/mol. The number of thioether (sulfide) groups is 2. The molecule has 12 nitrogen and oxygen atoms in total. The molecule has 0 radical (unpaired) electrons. The van der Waals surface area contributed by atoms with E-state index in [1.54, 1.807) is 13.2 Å². The van der Waals surface area contributed by atoms with E-state index in [9.17, 15) is 39.0 Å². The van der Waals surface area contributed by atoms with E-state index < -0.39 is 69.4 Å². The minimum atomic E-state index is -1.53. The summed E-state index contributed by atoms with van der Waals surface area (Å²) in [6, 6.07) is -0.110. The molecule has 1 amide bonds. The lowest BCUT2D eigenvalue weighted by molar-refractivity contribution is -0.384. The lowest BCUT2D eigenvalue weighted by Gasteiger charge is -2.44. The van der Waals surface area contributed by atoms with Crippen LogP contribution in [0.5, 0.6) is 0 Å². The summed E-state index contributed by atoms with van der Waals surface area (Å²) in [7, 11) is 1.88. The van der Waals surface area contributed by atoms with Crippen molar-refractivity contribution < 1.29 is 38.6 Å². The molecule has 0 bridgehead atoms. The molecule has 2 aliphatic heterocycles. The quantitative estimate of drug-likeness (QED) is 0.158. The van der Waals surface area contributed by atoms with E-state index in [0.717, 1.165) is 54.2 Å². The van der Waals surface area contributed by atoms with Gasteiger partial charge in [-0.3, -0.25) is 19.8 Å². The van der Waals surface area contributed by atoms with Crippen LogP contribution in [0.25, 0.3) is 10.6 Å². The molecule has 2 unspecified atom stereocenters. The fraction of sp³-hybridized carbons (Fsp3) is 0.654. The van der Waals surface area contributed by atoms with E-state index in [1.807, 2.05) is 11.9 Å². The number of aliphatic hydroxyl groups is 3. The maximum atomic E-state index is 14.0. The normalized spacial score (nSPS) is 29.4. The van der Waals surface area contributed by atoms with Crippen LogP contribution in [0.4, 0.5) is 14.5 Å². The van der Waals surface area contributed by atoms with Crippen molar-refractivity contribution in [2.24, 2.45) is 5.92 Å². The molecule has 0 aliphatic carbocycles. The summed E-state index contributed by atoms with van der Waals surface area (Å²) >= 11 is 3.19. The molecule has 2 saturated heterocycles. The number of nitrogens with one attached hydrogen (secondary N) is 1. The van der Waals surface area contributed by atoms with Gasteiger partial charge in [0.15, 0.2) is 21.0 Å². The number of carbonyl (C=O) groups is 1. The summed E-state index contributed by atoms with van der Waals surface area (Å²) in [5.74, 6) is -2.54. The molecule has 9 atom stereocenters. The van der Waals surface area contributed by atoms with E-state index in [4.69, 9.17) is 4.74 Å². The van der Waals surface area contributed by atoms with Crippen LogP contribution in [0.1, 0.15) is 33.1 Å². The minimum Gasteiger partial charge on any atom is -0.388 e. The fourth-order valence-electron chi connectivity index (χ4n) is 5.58. The number of likely N-dealkylation sites (N-methyl/N-ethyl adjacent to an activating group) is 1. The van der Waals surface area contributed by atoms with Gasteiger partial charge >= 0.3 is 0 Å². The third kappa shape index (κ3) is 7.46. The van der Waals surface area contributed by atoms with E-state index in [1.165, 1.54) is 0 Å². The number of benzene rings is 1. The summed E-state index contributed by atoms with van der Waals surface area (Å²) in [5, 5.41) is 53.9. The van der Waals surface area contributed by atoms with Crippen molar-refractivity contribution in [3.05, 3.63) is 33.9 Å². The molecular formula is C26H35F2N5O7S3. The number of carbonyl (C=O) groups excluding carboxylic acids is 1. The number of nitrogens with zero attached hydrogens (tertiary/aromatic N) is 4. The van der Waals surface area contributed by atoms with Gasteiger partial charge in [-0.2, -0.15) is 0 Å². The molecule has 4 N–H and O–H groups in total. The van der Waals surface area contributed by atoms with Crippen molar-refractivity contribution in [2.45, 2.75) is 84.6 Å². The third-order valence-electron chi connectivity index (χ3n) is 7.80. The molecule has 2 aliphatic rings. The Hall–Kier alpha value is -1.99. The summed E-state index contributed by atoms with van der Waals surface area (Å²) in [5.41, 5.74) is -1.77. The number of nitro groups is 1. The van der Waals surface area contributed by atoms with Crippen LogP contribution in [0, 0.1) is 27.7 Å². The molecule has 2 fully saturated rings. The first-order chi connectivity index (χ1) is 20.4. The number of nitro benzene ring substituents is 1. The smallest absolute Gasteiger partial charge is 0.282 e. The first-order valence-electron chi connectivity index (χ1n) is 13.7. The molecule has 4 rings (SSSR count). The monoisotopic (exact) mass is 663 g/mol. The highest BCUT2D eigenvalue weighted by Crippen LogP contribution is 2.39. The van der Waals surface area contributed by atoms with Gasteiger partial charge in [-0.25, -0.2) is 8.78 Å². The molecule has 3 heterocycles. The molecule has 43 heavy (non-hydrogen) atoms. The zero-order valence-electron chi connectivity index (χ0n) is 23.9. The van der Waals surface area contributed by atoms with Gasteiger partial charge in [-0.05, 0) is 38.1 Å². The number of hydrogen-bond donors (Lipinski definition) is 4. The number of halogens is 2. The number of amides is 1. The second-order valence-electron chi connectivity index (χ2n) is 10.8. The van der Waals surface area contributed by atoms with E-state index >= 15 is 0 Å². The first kappa shape index (κ1) is 33.9. The van der Waals surface area contributed by atoms with Gasteiger partial charge in [0, 0.05) is 11.8 Å². The maximum Gasteiger partial charge on any atom is 0.282 e. The van der Waals surface area contributed by atoms with E-state index in [2.05, 4.69) is 22.4 Å². The largest absolute Gasteiger partial charge is 0.388 e. The molecule has 17 heteroatoms. The highest BCUT2D eigenvalue weighted by molar-refractivity contribution is 8.01. The lowest BCUT2D eigenvalue weighted by Crippen LogP contribution is -2.65. The van der Waals surface area contributed by atoms with Crippen molar-refractivity contribution in [1.29, 1.82) is 0 Å². The molecule has 1 aromatic carbocycles. The second kappa shape index (κ2) is 14.4. The van der Waals surface area contributed by atoms with Crippen molar-refractivity contribution in [3.63, 3.8) is 0 Å². The summed E-state index contributed by atoms with van der Waals surface area (Å²) in [6.45, 7) is 4.61. The van der Waals surface area contributed by atoms with Crippen LogP contribution in [0.3, 0.4) is 0 Å². The van der Waals surface area contributed by atoms with Gasteiger partial charge in [-0.15, -0.1) is 22.0 Å². The predicted octanol–water partition coefficient (Wildman–Crippen LogP) is 2.65. The Morgan fingerprint density at radius 2 is 1.95 bits per heavy atom. The zero-order chi connectivity index (χ0) is 31.6. The molecule has 0 spiro atoms. The van der Waals surface area contributed by atoms with E-state index in [-0.39, 0.29) is 16.5 Å². The Morgan fingerprint density at radius 1 is 1.26 bits per heavy atom. The SMILES string of the molecule is CCC[C@@H]1C[C@@H](C(=O)NC(C(C)Sc2nnc(-c3cc(F)c(F)cc3[N+](=O)[O-])s2)[C@H]2O[C@H](SC)[C@H](O)[C@@H](O)[C@H]2O)N(C)C1. The molecule has 1 aromatic heterocycles. The number of hydrogen-bond acceptors (Lipinski definition) is 13. The van der Waals surface area contributed by atoms with Gasteiger partial charge in [0.1, 0.15) is 29.9 Å². The number of ether oxygens (including phenoxy) is 1. The Bertz CT molecular complexity index is 1310. The van der Waals surface area contributed by atoms with Crippen molar-refractivity contribution in [3.8, 4) is 10.6 Å². The van der Waals surface area contributed by atoms with Gasteiger partial charge in [-0.1, -0.05) is 43.4 Å². The highest BCUT2D eigenvalue weighted by atomic mass is 32.2. The first-order valence-corrected chi connectivity index (χ1v) is 16.7. The second-order valence-corrected chi connectivity index (χ2v) is 14.3. The Balaban J connectivity index is 1.60. The molecule has 238 valence electrons. The average Bonchev–Trinajstić information content (AvgIpc) is 3.58. The van der Waals surface area contributed by atoms with Crippen LogP contribution in [-0.4, -0.2) is 108 Å². The number of aromatic nitrogens is 2. The number of likely N-dealkylation sites (tertiary alicyclic amines) is 1. The highest BCUT2D eigenvalue weighted by Gasteiger charge is 2.49. The van der Waals surface area contributed by atoms with Gasteiger partial charge in [0.05, 0.1) is 28.6 Å². The Labute approximate surface area is 259 Å². The van der Waals surface area contributed by atoms with Gasteiger partial charge in [0.25, 0.3) is 5.69 Å². The zero-order valence-corrected chi connectivity index (χ0v) is 26.4. The Morgan fingerprint density at radius 3 is 2.60 bits per heavy atom. The molecule has 0 saturated carbocycles. The van der Waals surface area contributed by atoms with Gasteiger partial charge < -0.3 is 25.4 Å². The van der Waals surface area contributed by atoms with Crippen LogP contribution in [-0.2, 0) is 9.53 Å². The van der Waals surface area contributed by atoms with Crippen LogP contribution >= 0.6 is 34.9 Å². The standard InChI is InChI=1S/C26H35F2N5O7S3/c1-5-6-12-7-17(32(3)10-12)23(37)29-18(22-20(35)19(34)21(36)25(40-22)41-4)11(2)42-26-31-30-24(43-26)13-8-14(27)15(28)9-16(13)33(38)39/h8-9,11-12,17-22,25,34-36H,5-7,10H2,1-4H3,(H,29,37)/t11?,12-,17+,18?,19+,20-,21-,22-,25-/m1/s1. The van der Waals surface area contributed by atoms with Crippen LogP contribution in [0.2, 0.25) is 0 Å². The maximum absolute atomic E-state index is 14.0. The average molecular weight is 664 g/mol. The Kier molecular flexibility index (Phi) is 11.4. The third-order valence-corrected chi connectivity index (χ3v) is 10.9. The van der Waals surface area contributed by atoms with Crippen molar-refractivity contribution in [2.75, 3.05) is 19.8 Å². The minimum absolute atomic E-state index is 0.00891. The fourth-order valence-corrected chi connectivity index (χ4v) is 8.52. The number of rotatable bonds is 11. The number of aliphatic hydroxyl groups excluding tert-OH is 3. The van der Waals surface area contributed by atoms with Crippen molar-refractivity contribution >= 4 is 46.5 Å². The topological polar surface area (TPSA) is 171 Å². The molecule has 2 aromatic rings. The lowest BCUT2D eigenvalue weighted by atomic mass is 9.92.